The Bertz CT molecular complexity index is 991. The minimum Gasteiger partial charge on any atom is -0.456 e. The number of nitrogens with two attached hydrogens (primary N) is 1. The van der Waals surface area contributed by atoms with Crippen molar-refractivity contribution < 1.29 is 14.3 Å². The van der Waals surface area contributed by atoms with Crippen molar-refractivity contribution in [3.63, 3.8) is 0 Å². The lowest BCUT2D eigenvalue weighted by molar-refractivity contribution is 0.102. The van der Waals surface area contributed by atoms with Gasteiger partial charge in [0.1, 0.15) is 17.3 Å². The van der Waals surface area contributed by atoms with Crippen LogP contribution in [0.25, 0.3) is 0 Å². The number of hydrogen-bond acceptors (Lipinski definition) is 5. The molecular formula is C21H20BrN3O3. The molecule has 0 unspecified atom stereocenters. The topological polar surface area (TPSA) is 86.5 Å². The fraction of sp³-hybridized carbons (Fsp3) is 0.143. The maximum atomic E-state index is 12.6. The molecule has 1 heterocycles. The molecule has 3 aromatic rings. The first kappa shape index (κ1) is 19.9. The summed E-state index contributed by atoms with van der Waals surface area (Å²) in [7, 11) is 1.59. The van der Waals surface area contributed by atoms with Gasteiger partial charge < -0.3 is 20.5 Å². The molecule has 1 aromatic heterocycles. The zero-order valence-corrected chi connectivity index (χ0v) is 17.1. The van der Waals surface area contributed by atoms with Gasteiger partial charge in [-0.05, 0) is 70.9 Å². The van der Waals surface area contributed by atoms with E-state index in [4.69, 9.17) is 15.2 Å². The third-order valence-corrected chi connectivity index (χ3v) is 4.70. The van der Waals surface area contributed by atoms with Gasteiger partial charge >= 0.3 is 0 Å². The Kier molecular flexibility index (Phi) is 6.28. The lowest BCUT2D eigenvalue weighted by Gasteiger charge is -2.12. The second-order valence-electron chi connectivity index (χ2n) is 6.13. The van der Waals surface area contributed by atoms with Crippen LogP contribution >= 0.6 is 15.9 Å². The summed E-state index contributed by atoms with van der Waals surface area (Å²) in [6.07, 6.45) is 0. The second-order valence-corrected chi connectivity index (χ2v) is 6.98. The molecule has 0 atom stereocenters. The number of rotatable bonds is 6. The lowest BCUT2D eigenvalue weighted by atomic mass is 10.1. The molecule has 0 saturated carbocycles. The number of hydrogen-bond donors (Lipinski definition) is 2. The average molecular weight is 442 g/mol. The minimum atomic E-state index is -0.323. The molecule has 3 N–H and O–H groups in total. The van der Waals surface area contributed by atoms with Crippen LogP contribution < -0.4 is 15.8 Å². The quantitative estimate of drug-likeness (QED) is 0.566. The van der Waals surface area contributed by atoms with Crippen LogP contribution in [0.4, 0.5) is 11.5 Å². The third-order valence-electron chi connectivity index (χ3n) is 4.05. The van der Waals surface area contributed by atoms with Crippen LogP contribution in [0.1, 0.15) is 21.6 Å². The van der Waals surface area contributed by atoms with Crippen LogP contribution in [0.3, 0.4) is 0 Å². The maximum absolute atomic E-state index is 12.6. The van der Waals surface area contributed by atoms with Gasteiger partial charge in [-0.2, -0.15) is 0 Å². The van der Waals surface area contributed by atoms with Crippen molar-refractivity contribution in [1.29, 1.82) is 0 Å². The molecule has 2 aromatic carbocycles. The van der Waals surface area contributed by atoms with E-state index in [0.717, 1.165) is 10.0 Å². The summed E-state index contributed by atoms with van der Waals surface area (Å²) in [6, 6.07) is 16.4. The van der Waals surface area contributed by atoms with E-state index in [1.165, 1.54) is 0 Å². The smallest absolute Gasteiger partial charge is 0.259 e. The van der Waals surface area contributed by atoms with Crippen molar-refractivity contribution in [2.45, 2.75) is 13.5 Å². The van der Waals surface area contributed by atoms with Gasteiger partial charge in [-0.3, -0.25) is 4.79 Å². The Balaban J connectivity index is 1.71. The molecule has 0 fully saturated rings. The maximum Gasteiger partial charge on any atom is 0.259 e. The highest BCUT2D eigenvalue weighted by Crippen LogP contribution is 2.29. The second kappa shape index (κ2) is 8.86. The predicted molar refractivity (Wildman–Crippen MR) is 113 cm³/mol. The zero-order chi connectivity index (χ0) is 20.1. The summed E-state index contributed by atoms with van der Waals surface area (Å²) in [6.45, 7) is 2.21. The molecule has 7 heteroatoms. The Labute approximate surface area is 171 Å². The number of para-hydroxylation sites is 1. The van der Waals surface area contributed by atoms with E-state index in [1.54, 1.807) is 37.4 Å². The number of anilines is 2. The molecule has 0 saturated heterocycles. The molecule has 28 heavy (non-hydrogen) atoms. The first-order valence-electron chi connectivity index (χ1n) is 8.56. The van der Waals surface area contributed by atoms with Gasteiger partial charge in [-0.25, -0.2) is 4.98 Å². The highest BCUT2D eigenvalue weighted by Gasteiger charge is 2.14. The van der Waals surface area contributed by atoms with Gasteiger partial charge in [0.2, 0.25) is 0 Å². The Morgan fingerprint density at radius 1 is 1.18 bits per heavy atom. The number of aromatic nitrogens is 1. The van der Waals surface area contributed by atoms with Crippen molar-refractivity contribution in [1.82, 2.24) is 4.98 Å². The van der Waals surface area contributed by atoms with E-state index < -0.39 is 0 Å². The van der Waals surface area contributed by atoms with E-state index in [2.05, 4.69) is 26.2 Å². The number of amides is 1. The first-order chi connectivity index (χ1) is 13.5. The number of carbonyl (C=O) groups is 1. The summed E-state index contributed by atoms with van der Waals surface area (Å²) < 4.78 is 11.8. The summed E-state index contributed by atoms with van der Waals surface area (Å²) in [4.78, 5) is 16.8. The molecule has 3 rings (SSSR count). The van der Waals surface area contributed by atoms with Crippen LogP contribution in [0.2, 0.25) is 0 Å². The molecule has 0 aliphatic heterocycles. The van der Waals surface area contributed by atoms with Gasteiger partial charge in [0.25, 0.3) is 5.91 Å². The molecule has 0 aliphatic carbocycles. The van der Waals surface area contributed by atoms with Gasteiger partial charge in [0, 0.05) is 12.8 Å². The number of nitrogens with zero attached hydrogens (tertiary/aromatic N) is 1. The predicted octanol–water partition coefficient (Wildman–Crippen LogP) is 4.93. The van der Waals surface area contributed by atoms with Gasteiger partial charge in [-0.15, -0.1) is 0 Å². The van der Waals surface area contributed by atoms with Crippen molar-refractivity contribution in [2.75, 3.05) is 18.2 Å². The number of methoxy groups -OCH3 is 1. The number of benzene rings is 2. The van der Waals surface area contributed by atoms with E-state index in [-0.39, 0.29) is 11.7 Å². The fourth-order valence-corrected chi connectivity index (χ4v) is 2.96. The van der Waals surface area contributed by atoms with Crippen LogP contribution in [-0.4, -0.2) is 18.0 Å². The van der Waals surface area contributed by atoms with E-state index in [1.807, 2.05) is 31.2 Å². The molecule has 0 radical (unpaired) electrons. The average Bonchev–Trinajstić information content (AvgIpc) is 2.68. The monoisotopic (exact) mass is 441 g/mol. The Hall–Kier alpha value is -2.90. The van der Waals surface area contributed by atoms with Gasteiger partial charge in [0.15, 0.2) is 0 Å². The van der Waals surface area contributed by atoms with E-state index >= 15 is 0 Å². The van der Waals surface area contributed by atoms with E-state index in [0.29, 0.717) is 35.1 Å². The summed E-state index contributed by atoms with van der Waals surface area (Å²) in [5.41, 5.74) is 8.46. The SMILES string of the molecule is COCc1nc(N)c(C(=O)Nc2ccc(Oc3ccccc3Br)cc2)cc1C. The summed E-state index contributed by atoms with van der Waals surface area (Å²) in [5, 5.41) is 2.83. The van der Waals surface area contributed by atoms with Crippen molar-refractivity contribution in [3.8, 4) is 11.5 Å². The molecule has 6 nitrogen and oxygen atoms in total. The highest BCUT2D eigenvalue weighted by molar-refractivity contribution is 9.10. The Morgan fingerprint density at radius 2 is 1.89 bits per heavy atom. The number of nitrogen functional groups attached to an aromatic ring is 1. The van der Waals surface area contributed by atoms with E-state index in [9.17, 15) is 4.79 Å². The molecule has 0 spiro atoms. The van der Waals surface area contributed by atoms with Crippen LogP contribution in [0.5, 0.6) is 11.5 Å². The third kappa shape index (κ3) is 4.68. The van der Waals surface area contributed by atoms with Gasteiger partial charge in [0.05, 0.1) is 22.3 Å². The summed E-state index contributed by atoms with van der Waals surface area (Å²) in [5.74, 6) is 1.22. The van der Waals surface area contributed by atoms with Crippen LogP contribution in [0.15, 0.2) is 59.1 Å². The number of nitrogens with one attached hydrogen (secondary N) is 1. The molecule has 144 valence electrons. The van der Waals surface area contributed by atoms with Crippen molar-refractivity contribution in [3.05, 3.63) is 75.9 Å². The number of ether oxygens (including phenoxy) is 2. The standard InChI is InChI=1S/C21H20BrN3O3/c1-13-11-16(20(23)25-18(13)12-27-2)21(26)24-14-7-9-15(10-8-14)28-19-6-4-3-5-17(19)22/h3-11H,12H2,1-2H3,(H2,23,25)(H,24,26). The normalized spacial score (nSPS) is 10.5. The fourth-order valence-electron chi connectivity index (χ4n) is 2.59. The van der Waals surface area contributed by atoms with Crippen molar-refractivity contribution in [2.24, 2.45) is 0 Å². The summed E-state index contributed by atoms with van der Waals surface area (Å²) >= 11 is 3.45. The van der Waals surface area contributed by atoms with Crippen molar-refractivity contribution >= 4 is 33.3 Å². The number of carbonyl (C=O) groups excluding carboxylic acids is 1. The molecular weight excluding hydrogens is 422 g/mol. The zero-order valence-electron chi connectivity index (χ0n) is 15.5. The first-order valence-corrected chi connectivity index (χ1v) is 9.36. The largest absolute Gasteiger partial charge is 0.456 e. The molecule has 0 aliphatic rings. The molecule has 0 bridgehead atoms. The number of aryl methyl sites for hydroxylation is 1. The van der Waals surface area contributed by atoms with Crippen LogP contribution in [-0.2, 0) is 11.3 Å². The minimum absolute atomic E-state index is 0.170. The number of halogens is 1. The van der Waals surface area contributed by atoms with Crippen LogP contribution in [0, 0.1) is 6.92 Å². The Morgan fingerprint density at radius 3 is 2.57 bits per heavy atom. The molecule has 1 amide bonds. The highest BCUT2D eigenvalue weighted by atomic mass is 79.9. The van der Waals surface area contributed by atoms with Gasteiger partial charge in [-0.1, -0.05) is 12.1 Å². The number of pyridine rings is 1. The lowest BCUT2D eigenvalue weighted by Crippen LogP contribution is -2.16.